The van der Waals surface area contributed by atoms with E-state index in [1.54, 1.807) is 50.2 Å². The fourth-order valence-electron chi connectivity index (χ4n) is 3.81. The van der Waals surface area contributed by atoms with Crippen molar-refractivity contribution in [1.82, 2.24) is 21.3 Å². The van der Waals surface area contributed by atoms with Gasteiger partial charge in [-0.15, -0.1) is 0 Å². The van der Waals surface area contributed by atoms with E-state index in [0.29, 0.717) is 5.56 Å². The van der Waals surface area contributed by atoms with E-state index in [2.05, 4.69) is 21.3 Å². The van der Waals surface area contributed by atoms with Crippen LogP contribution in [0.15, 0.2) is 54.6 Å². The minimum absolute atomic E-state index is 0.00677. The predicted molar refractivity (Wildman–Crippen MR) is 163 cm³/mol. The minimum atomic E-state index is -1.71. The van der Waals surface area contributed by atoms with Crippen molar-refractivity contribution in [2.24, 2.45) is 5.92 Å². The third kappa shape index (κ3) is 15.8. The van der Waals surface area contributed by atoms with E-state index < -0.39 is 78.3 Å². The molecule has 47 heavy (non-hydrogen) atoms. The molecule has 2 aromatic rings. The van der Waals surface area contributed by atoms with E-state index >= 15 is 0 Å². The van der Waals surface area contributed by atoms with Crippen molar-refractivity contribution in [3.8, 4) is 5.75 Å². The van der Waals surface area contributed by atoms with Crippen LogP contribution in [0.4, 0.5) is 9.18 Å². The smallest absolute Gasteiger partial charge is 0.408 e. The fraction of sp³-hybridized carbons (Fsp3) is 0.387. The van der Waals surface area contributed by atoms with Crippen molar-refractivity contribution < 1.29 is 58.0 Å². The van der Waals surface area contributed by atoms with Crippen molar-refractivity contribution in [1.29, 1.82) is 0 Å². The van der Waals surface area contributed by atoms with Crippen molar-refractivity contribution in [3.05, 3.63) is 65.7 Å². The number of phenols is 1. The van der Waals surface area contributed by atoms with Gasteiger partial charge < -0.3 is 41.3 Å². The Labute approximate surface area is 269 Å². The molecule has 2 aromatic carbocycles. The van der Waals surface area contributed by atoms with Crippen LogP contribution in [0, 0.1) is 5.92 Å². The van der Waals surface area contributed by atoms with E-state index in [0.717, 1.165) is 12.5 Å². The summed E-state index contributed by atoms with van der Waals surface area (Å²) in [5.74, 6) is -5.93. The van der Waals surface area contributed by atoms with Gasteiger partial charge in [0.25, 0.3) is 6.04 Å². The maximum absolute atomic E-state index is 13.4. The first kappa shape index (κ1) is 39.5. The van der Waals surface area contributed by atoms with Gasteiger partial charge in [0, 0.05) is 13.3 Å². The average Bonchev–Trinajstić information content (AvgIpc) is 2.98. The number of amides is 4. The van der Waals surface area contributed by atoms with E-state index in [4.69, 9.17) is 19.7 Å². The van der Waals surface area contributed by atoms with Gasteiger partial charge in [-0.05, 0) is 36.1 Å². The largest absolute Gasteiger partial charge is 0.508 e. The molecule has 0 aliphatic rings. The number of nitrogens with one attached hydrogen (secondary N) is 4. The zero-order valence-corrected chi connectivity index (χ0v) is 26.2. The predicted octanol–water partition coefficient (Wildman–Crippen LogP) is 1.42. The number of carbonyl (C=O) groups is 7. The first-order valence-electron chi connectivity index (χ1n) is 14.3. The van der Waals surface area contributed by atoms with Gasteiger partial charge in [-0.1, -0.05) is 56.3 Å². The molecule has 0 fully saturated rings. The number of hydrogen-bond acceptors (Lipinski definition) is 9. The third-order valence-electron chi connectivity index (χ3n) is 6.19. The van der Waals surface area contributed by atoms with Crippen LogP contribution in [0.1, 0.15) is 45.2 Å². The number of phenolic OH excluding ortho intramolecular Hbond substituents is 1. The third-order valence-corrected chi connectivity index (χ3v) is 6.19. The van der Waals surface area contributed by atoms with Crippen LogP contribution in [0.5, 0.6) is 5.75 Å². The van der Waals surface area contributed by atoms with Gasteiger partial charge in [-0.2, -0.15) is 4.39 Å². The molecule has 0 radical (unpaired) electrons. The number of carboxylic acid groups (broad SMARTS) is 2. The fourth-order valence-corrected chi connectivity index (χ4v) is 3.81. The lowest BCUT2D eigenvalue weighted by Crippen LogP contribution is -2.58. The zero-order valence-electron chi connectivity index (χ0n) is 26.2. The van der Waals surface area contributed by atoms with Crippen molar-refractivity contribution in [2.75, 3.05) is 0 Å². The van der Waals surface area contributed by atoms with Gasteiger partial charge in [0.1, 0.15) is 36.5 Å². The molecule has 0 spiro atoms. The van der Waals surface area contributed by atoms with Crippen molar-refractivity contribution >= 4 is 41.8 Å². The Morgan fingerprint density at radius 2 is 1.32 bits per heavy atom. The maximum Gasteiger partial charge on any atom is 0.408 e. The summed E-state index contributed by atoms with van der Waals surface area (Å²) in [7, 11) is 0. The van der Waals surface area contributed by atoms with E-state index in [1.807, 2.05) is 6.07 Å². The molecular formula is C31H39FN4O11. The minimum Gasteiger partial charge on any atom is -0.508 e. The normalized spacial score (nSPS) is 12.9. The SMILES string of the molecule is CC(=O)F.CC(C)[C@H](NC(=O)[C@H](Cc1ccc(O)cc1)NC(=O)OCc1ccccc1)C(=O)N[C@@H](C)C(=O)N[C@@H](CC(=O)O)C(=O)O. The molecule has 7 N–H and O–H groups in total. The molecule has 0 aromatic heterocycles. The average molecular weight is 663 g/mol. The van der Waals surface area contributed by atoms with Gasteiger partial charge in [0.2, 0.25) is 17.7 Å². The second-order valence-corrected chi connectivity index (χ2v) is 10.6. The molecule has 15 nitrogen and oxygen atoms in total. The highest BCUT2D eigenvalue weighted by Crippen LogP contribution is 2.13. The number of alkyl carbamates (subject to hydrolysis) is 1. The number of hydrogen-bond donors (Lipinski definition) is 7. The molecular weight excluding hydrogens is 623 g/mol. The number of aromatic hydroxyl groups is 1. The van der Waals surface area contributed by atoms with Crippen LogP contribution < -0.4 is 21.3 Å². The Bertz CT molecular complexity index is 1380. The molecule has 0 aliphatic carbocycles. The van der Waals surface area contributed by atoms with Crippen molar-refractivity contribution in [3.63, 3.8) is 0 Å². The maximum atomic E-state index is 13.4. The monoisotopic (exact) mass is 662 g/mol. The number of benzene rings is 2. The molecule has 256 valence electrons. The van der Waals surface area contributed by atoms with E-state index in [-0.39, 0.29) is 18.8 Å². The molecule has 4 atom stereocenters. The molecule has 4 amide bonds. The Hall–Kier alpha value is -5.54. The Morgan fingerprint density at radius 1 is 0.745 bits per heavy atom. The summed E-state index contributed by atoms with van der Waals surface area (Å²) in [6.07, 6.45) is -1.76. The van der Waals surface area contributed by atoms with E-state index in [9.17, 15) is 38.3 Å². The summed E-state index contributed by atoms with van der Waals surface area (Å²) < 4.78 is 15.6. The molecule has 0 bridgehead atoms. The molecule has 0 aliphatic heterocycles. The Balaban J connectivity index is 0.00000260. The molecule has 0 saturated carbocycles. The Kier molecular flexibility index (Phi) is 16.6. The molecule has 2 rings (SSSR count). The number of carbonyl (C=O) groups excluding carboxylic acids is 5. The van der Waals surface area contributed by atoms with Crippen LogP contribution in [0.25, 0.3) is 0 Å². The number of halogens is 1. The van der Waals surface area contributed by atoms with Gasteiger partial charge in [-0.3, -0.25) is 24.0 Å². The molecule has 0 unspecified atom stereocenters. The summed E-state index contributed by atoms with van der Waals surface area (Å²) in [5.41, 5.74) is 1.32. The van der Waals surface area contributed by atoms with Gasteiger partial charge in [0.15, 0.2) is 0 Å². The second-order valence-electron chi connectivity index (χ2n) is 10.6. The first-order valence-corrected chi connectivity index (χ1v) is 14.3. The summed E-state index contributed by atoms with van der Waals surface area (Å²) >= 11 is 0. The quantitative estimate of drug-likeness (QED) is 0.135. The van der Waals surface area contributed by atoms with Gasteiger partial charge in [-0.25, -0.2) is 9.59 Å². The van der Waals surface area contributed by atoms with Crippen LogP contribution in [0.2, 0.25) is 0 Å². The standard InChI is InChI=1S/C29H36N4O10.C2H3FO/c1-16(2)24(27(39)30-17(3)25(37)31-22(28(40)41)14-23(35)36)33-26(38)21(13-18-9-11-20(34)12-10-18)32-29(42)43-15-19-7-5-4-6-8-19;1-2(3)4/h4-12,16-17,21-22,24,34H,13-15H2,1-3H3,(H,30,39)(H,31,37)(H,32,42)(H,33,38)(H,35,36)(H,40,41);1H3/t17-,21-,22-,24-;/m0./s1. The first-order chi connectivity index (χ1) is 22.0. The summed E-state index contributed by atoms with van der Waals surface area (Å²) in [6, 6.07) is 8.14. The zero-order chi connectivity index (χ0) is 35.7. The van der Waals surface area contributed by atoms with Crippen molar-refractivity contribution in [2.45, 2.75) is 71.3 Å². The lowest BCUT2D eigenvalue weighted by Gasteiger charge is -2.26. The summed E-state index contributed by atoms with van der Waals surface area (Å²) in [5, 5.41) is 37.1. The van der Waals surface area contributed by atoms with Crippen LogP contribution in [-0.4, -0.2) is 81.3 Å². The Morgan fingerprint density at radius 3 is 1.83 bits per heavy atom. The van der Waals surface area contributed by atoms with Crippen LogP contribution in [-0.2, 0) is 46.5 Å². The van der Waals surface area contributed by atoms with Crippen LogP contribution >= 0.6 is 0 Å². The van der Waals surface area contributed by atoms with Gasteiger partial charge in [0.05, 0.1) is 6.42 Å². The van der Waals surface area contributed by atoms with Gasteiger partial charge >= 0.3 is 18.0 Å². The molecule has 16 heteroatoms. The summed E-state index contributed by atoms with van der Waals surface area (Å²) in [6.45, 7) is 5.36. The highest BCUT2D eigenvalue weighted by Gasteiger charge is 2.32. The molecule has 0 saturated heterocycles. The number of aliphatic carboxylic acids is 2. The molecule has 0 heterocycles. The number of rotatable bonds is 15. The topological polar surface area (TPSA) is 238 Å². The lowest BCUT2D eigenvalue weighted by molar-refractivity contribution is -0.147. The lowest BCUT2D eigenvalue weighted by atomic mass is 10.0. The highest BCUT2D eigenvalue weighted by atomic mass is 19.1. The van der Waals surface area contributed by atoms with Crippen LogP contribution in [0.3, 0.4) is 0 Å². The second kappa shape index (κ2) is 19.8. The number of carboxylic acids is 2. The summed E-state index contributed by atoms with van der Waals surface area (Å²) in [4.78, 5) is 82.5. The highest BCUT2D eigenvalue weighted by molar-refractivity contribution is 5.95. The van der Waals surface area contributed by atoms with E-state index in [1.165, 1.54) is 19.1 Å². The number of ether oxygens (including phenoxy) is 1.